The smallest absolute Gasteiger partial charge is 0.246 e. The molecule has 2 atom stereocenters. The van der Waals surface area contributed by atoms with E-state index in [0.29, 0.717) is 13.1 Å². The highest BCUT2D eigenvalue weighted by Crippen LogP contribution is 2.31. The van der Waals surface area contributed by atoms with Crippen molar-refractivity contribution < 1.29 is 12.8 Å². The van der Waals surface area contributed by atoms with Gasteiger partial charge in [-0.15, -0.1) is 0 Å². The largest absolute Gasteiger partial charge is 0.399 e. The summed E-state index contributed by atoms with van der Waals surface area (Å²) in [5.41, 5.74) is 6.16. The fourth-order valence-corrected chi connectivity index (χ4v) is 5.72. The maximum Gasteiger partial charge on any atom is 0.246 e. The Labute approximate surface area is 123 Å². The second-order valence-corrected chi connectivity index (χ2v) is 9.02. The van der Waals surface area contributed by atoms with Gasteiger partial charge < -0.3 is 5.73 Å². The second-order valence-electron chi connectivity index (χ2n) is 5.23. The van der Waals surface area contributed by atoms with Crippen molar-refractivity contribution in [1.82, 2.24) is 4.31 Å². The first-order chi connectivity index (χ1) is 9.21. The topological polar surface area (TPSA) is 63.4 Å². The van der Waals surface area contributed by atoms with Crippen LogP contribution in [0.4, 0.5) is 10.1 Å². The molecule has 1 aliphatic heterocycles. The molecule has 0 bridgehead atoms. The highest BCUT2D eigenvalue weighted by Gasteiger charge is 2.34. The van der Waals surface area contributed by atoms with Crippen molar-refractivity contribution >= 4 is 27.5 Å². The molecule has 7 heteroatoms. The molecule has 112 valence electrons. The number of hydrogen-bond acceptors (Lipinski definition) is 4. The van der Waals surface area contributed by atoms with E-state index in [0.717, 1.165) is 0 Å². The van der Waals surface area contributed by atoms with Gasteiger partial charge in [0.1, 0.15) is 10.7 Å². The Hall–Kier alpha value is -0.790. The number of nitrogen functional groups attached to an aromatic ring is 1. The lowest BCUT2D eigenvalue weighted by Gasteiger charge is -2.33. The summed E-state index contributed by atoms with van der Waals surface area (Å²) in [6.45, 7) is 6.25. The second kappa shape index (κ2) is 5.54. The van der Waals surface area contributed by atoms with Crippen LogP contribution in [0.2, 0.25) is 0 Å². The van der Waals surface area contributed by atoms with Crippen LogP contribution < -0.4 is 5.73 Å². The van der Waals surface area contributed by atoms with E-state index >= 15 is 0 Å². The lowest BCUT2D eigenvalue weighted by Crippen LogP contribution is -2.44. The number of rotatable bonds is 2. The third kappa shape index (κ3) is 2.94. The molecule has 0 saturated carbocycles. The van der Waals surface area contributed by atoms with Gasteiger partial charge in [-0.3, -0.25) is 0 Å². The summed E-state index contributed by atoms with van der Waals surface area (Å²) in [6, 6.07) is 2.64. The minimum Gasteiger partial charge on any atom is -0.399 e. The zero-order valence-corrected chi connectivity index (χ0v) is 13.4. The average Bonchev–Trinajstić information content (AvgIpc) is 2.32. The molecule has 20 heavy (non-hydrogen) atoms. The molecule has 0 spiro atoms. The minimum absolute atomic E-state index is 0.193. The van der Waals surface area contributed by atoms with Crippen LogP contribution in [-0.2, 0) is 10.0 Å². The Bertz CT molecular complexity index is 609. The number of benzene rings is 1. The highest BCUT2D eigenvalue weighted by molar-refractivity contribution is 8.00. The van der Waals surface area contributed by atoms with Crippen molar-refractivity contribution in [1.29, 1.82) is 0 Å². The van der Waals surface area contributed by atoms with E-state index < -0.39 is 15.8 Å². The molecule has 2 N–H and O–H groups in total. The number of anilines is 1. The third-order valence-corrected chi connectivity index (χ3v) is 6.31. The molecule has 0 radical (unpaired) electrons. The van der Waals surface area contributed by atoms with Crippen molar-refractivity contribution in [2.45, 2.75) is 36.2 Å². The molecule has 1 aliphatic rings. The number of halogens is 1. The summed E-state index contributed by atoms with van der Waals surface area (Å²) in [5, 5.41) is 0.387. The van der Waals surface area contributed by atoms with Crippen LogP contribution in [0.3, 0.4) is 0 Å². The van der Waals surface area contributed by atoms with Gasteiger partial charge in [-0.1, -0.05) is 13.8 Å². The fourth-order valence-electron chi connectivity index (χ4n) is 2.42. The van der Waals surface area contributed by atoms with E-state index in [-0.39, 0.29) is 26.6 Å². The number of aryl methyl sites for hydroxylation is 1. The van der Waals surface area contributed by atoms with Gasteiger partial charge in [-0.25, -0.2) is 12.8 Å². The first-order valence-electron chi connectivity index (χ1n) is 6.43. The Morgan fingerprint density at radius 3 is 2.40 bits per heavy atom. The summed E-state index contributed by atoms with van der Waals surface area (Å²) < 4.78 is 40.8. The average molecular weight is 318 g/mol. The standard InChI is InChI=1S/C13H19FN2O2S2/c1-8-4-11(15)5-12(13(8)14)20(17,18)16-6-9(2)19-10(3)7-16/h4-5,9-10H,6-7,15H2,1-3H3. The van der Waals surface area contributed by atoms with E-state index in [1.165, 1.54) is 23.4 Å². The molecule has 2 unspecified atom stereocenters. The lowest BCUT2D eigenvalue weighted by molar-refractivity contribution is 0.401. The molecule has 1 aromatic rings. The van der Waals surface area contributed by atoms with Crippen LogP contribution in [-0.4, -0.2) is 36.3 Å². The zero-order chi connectivity index (χ0) is 15.1. The Morgan fingerprint density at radius 1 is 1.30 bits per heavy atom. The molecule has 1 heterocycles. The van der Waals surface area contributed by atoms with Crippen molar-refractivity contribution in [2.24, 2.45) is 0 Å². The van der Waals surface area contributed by atoms with Crippen molar-refractivity contribution in [3.8, 4) is 0 Å². The molecule has 2 rings (SSSR count). The third-order valence-electron chi connectivity index (χ3n) is 3.25. The van der Waals surface area contributed by atoms with Crippen LogP contribution in [0.15, 0.2) is 17.0 Å². The molecular weight excluding hydrogens is 299 g/mol. The normalized spacial score (nSPS) is 24.8. The van der Waals surface area contributed by atoms with Gasteiger partial charge in [0.05, 0.1) is 0 Å². The summed E-state index contributed by atoms with van der Waals surface area (Å²) >= 11 is 1.74. The van der Waals surface area contributed by atoms with Crippen LogP contribution in [0.25, 0.3) is 0 Å². The quantitative estimate of drug-likeness (QED) is 0.849. The van der Waals surface area contributed by atoms with Crippen LogP contribution in [0, 0.1) is 12.7 Å². The van der Waals surface area contributed by atoms with Gasteiger partial charge in [0, 0.05) is 29.3 Å². The Balaban J connectivity index is 2.45. The minimum atomic E-state index is -3.84. The molecule has 1 fully saturated rings. The van der Waals surface area contributed by atoms with E-state index in [4.69, 9.17) is 5.73 Å². The van der Waals surface area contributed by atoms with Gasteiger partial charge in [0.25, 0.3) is 0 Å². The summed E-state index contributed by atoms with van der Waals surface area (Å²) in [7, 11) is -3.84. The molecule has 1 aromatic carbocycles. The number of nitrogens with two attached hydrogens (primary N) is 1. The Morgan fingerprint density at radius 2 is 1.85 bits per heavy atom. The monoisotopic (exact) mass is 318 g/mol. The van der Waals surface area contributed by atoms with E-state index in [1.54, 1.807) is 11.8 Å². The van der Waals surface area contributed by atoms with E-state index in [1.807, 2.05) is 13.8 Å². The first kappa shape index (κ1) is 15.6. The van der Waals surface area contributed by atoms with Crippen molar-refractivity contribution in [2.75, 3.05) is 18.8 Å². The van der Waals surface area contributed by atoms with Crippen LogP contribution in [0.5, 0.6) is 0 Å². The molecular formula is C13H19FN2O2S2. The summed E-state index contributed by atoms with van der Waals surface area (Å²) in [4.78, 5) is -0.318. The summed E-state index contributed by atoms with van der Waals surface area (Å²) in [5.74, 6) is -0.710. The SMILES string of the molecule is Cc1cc(N)cc(S(=O)(=O)N2CC(C)SC(C)C2)c1F. The number of hydrogen-bond donors (Lipinski definition) is 1. The molecule has 1 saturated heterocycles. The predicted octanol–water partition coefficient (Wildman–Crippen LogP) is 2.23. The zero-order valence-electron chi connectivity index (χ0n) is 11.8. The van der Waals surface area contributed by atoms with Crippen molar-refractivity contribution in [3.05, 3.63) is 23.5 Å². The van der Waals surface area contributed by atoms with E-state index in [9.17, 15) is 12.8 Å². The van der Waals surface area contributed by atoms with Gasteiger partial charge in [0.2, 0.25) is 10.0 Å². The first-order valence-corrected chi connectivity index (χ1v) is 8.81. The van der Waals surface area contributed by atoms with Crippen LogP contribution in [0.1, 0.15) is 19.4 Å². The maximum atomic E-state index is 14.2. The molecule has 4 nitrogen and oxygen atoms in total. The number of sulfonamides is 1. The van der Waals surface area contributed by atoms with Gasteiger partial charge in [0.15, 0.2) is 0 Å². The van der Waals surface area contributed by atoms with Gasteiger partial charge in [-0.05, 0) is 24.6 Å². The molecule has 0 aromatic heterocycles. The summed E-state index contributed by atoms with van der Waals surface area (Å²) in [6.07, 6.45) is 0. The number of nitrogens with zero attached hydrogens (tertiary/aromatic N) is 1. The van der Waals surface area contributed by atoms with Crippen LogP contribution >= 0.6 is 11.8 Å². The number of thioether (sulfide) groups is 1. The van der Waals surface area contributed by atoms with Gasteiger partial charge in [-0.2, -0.15) is 16.1 Å². The maximum absolute atomic E-state index is 14.2. The highest BCUT2D eigenvalue weighted by atomic mass is 32.2. The Kier molecular flexibility index (Phi) is 4.32. The fraction of sp³-hybridized carbons (Fsp3) is 0.538. The predicted molar refractivity (Wildman–Crippen MR) is 80.8 cm³/mol. The molecule has 0 amide bonds. The van der Waals surface area contributed by atoms with E-state index in [2.05, 4.69) is 0 Å². The van der Waals surface area contributed by atoms with Gasteiger partial charge >= 0.3 is 0 Å². The van der Waals surface area contributed by atoms with Crippen molar-refractivity contribution in [3.63, 3.8) is 0 Å². The molecule has 0 aliphatic carbocycles. The lowest BCUT2D eigenvalue weighted by atomic mass is 10.2.